The van der Waals surface area contributed by atoms with Gasteiger partial charge in [0.1, 0.15) is 12.2 Å². The van der Waals surface area contributed by atoms with E-state index in [1.165, 1.54) is 4.88 Å². The first-order chi connectivity index (χ1) is 15.3. The van der Waals surface area contributed by atoms with Crippen molar-refractivity contribution in [3.8, 4) is 0 Å². The summed E-state index contributed by atoms with van der Waals surface area (Å²) in [6.07, 6.45) is 8.52. The van der Waals surface area contributed by atoms with Gasteiger partial charge in [0.25, 0.3) is 0 Å². The number of guanidine groups is 1. The van der Waals surface area contributed by atoms with Crippen molar-refractivity contribution in [3.63, 3.8) is 0 Å². The lowest BCUT2D eigenvalue weighted by molar-refractivity contribution is -0.130. The lowest BCUT2D eigenvalue weighted by Gasteiger charge is -2.20. The van der Waals surface area contributed by atoms with Crippen LogP contribution < -0.4 is 10.6 Å². The van der Waals surface area contributed by atoms with Crippen molar-refractivity contribution in [1.29, 1.82) is 0 Å². The van der Waals surface area contributed by atoms with E-state index in [-0.39, 0.29) is 24.0 Å². The van der Waals surface area contributed by atoms with E-state index in [0.717, 1.165) is 83.0 Å². The lowest BCUT2D eigenvalue weighted by atomic mass is 10.2. The molecule has 178 valence electrons. The zero-order valence-electron chi connectivity index (χ0n) is 19.0. The van der Waals surface area contributed by atoms with Crippen molar-refractivity contribution in [2.24, 2.45) is 4.99 Å². The number of carbonyl (C=O) groups is 1. The fourth-order valence-corrected chi connectivity index (χ4v) is 4.40. The van der Waals surface area contributed by atoms with Gasteiger partial charge in [-0.25, -0.2) is 0 Å². The van der Waals surface area contributed by atoms with Gasteiger partial charge >= 0.3 is 0 Å². The molecule has 3 rings (SSSR count). The third-order valence-corrected chi connectivity index (χ3v) is 6.36. The van der Waals surface area contributed by atoms with E-state index in [0.29, 0.717) is 18.9 Å². The topological polar surface area (TPSA) is 87.4 Å². The maximum Gasteiger partial charge on any atom is 0.222 e. The first-order valence-corrected chi connectivity index (χ1v) is 12.3. The number of hydrogen-bond donors (Lipinski definition) is 2. The molecule has 0 atom stereocenters. The number of carbonyl (C=O) groups excluding carboxylic acids is 1. The minimum atomic E-state index is 0. The van der Waals surface area contributed by atoms with Crippen LogP contribution >= 0.6 is 35.3 Å². The van der Waals surface area contributed by atoms with Gasteiger partial charge in [0.05, 0.1) is 0 Å². The highest BCUT2D eigenvalue weighted by Gasteiger charge is 2.15. The summed E-state index contributed by atoms with van der Waals surface area (Å²) in [5, 5.41) is 17.1. The Bertz CT molecular complexity index is 809. The molecule has 0 unspecified atom stereocenters. The Morgan fingerprint density at radius 2 is 2.09 bits per heavy atom. The molecule has 2 aromatic rings. The van der Waals surface area contributed by atoms with Crippen LogP contribution in [0.15, 0.2) is 28.8 Å². The van der Waals surface area contributed by atoms with Gasteiger partial charge in [-0.15, -0.1) is 45.5 Å². The van der Waals surface area contributed by atoms with Crippen molar-refractivity contribution in [2.45, 2.75) is 58.4 Å². The maximum atomic E-state index is 12.2. The Hall–Kier alpha value is -1.69. The molecular weight excluding hydrogens is 537 g/mol. The Morgan fingerprint density at radius 3 is 2.91 bits per heavy atom. The number of halogens is 1. The quantitative estimate of drug-likeness (QED) is 0.187. The molecule has 10 heteroatoms. The van der Waals surface area contributed by atoms with E-state index in [1.54, 1.807) is 17.7 Å². The molecule has 1 fully saturated rings. The molecule has 0 bridgehead atoms. The second-order valence-electron chi connectivity index (χ2n) is 7.75. The molecule has 1 amide bonds. The second kappa shape index (κ2) is 15.2. The summed E-state index contributed by atoms with van der Waals surface area (Å²) >= 11 is 1.78. The Kier molecular flexibility index (Phi) is 12.6. The molecule has 0 aliphatic carbocycles. The van der Waals surface area contributed by atoms with Gasteiger partial charge in [-0.1, -0.05) is 19.4 Å². The van der Waals surface area contributed by atoms with Crippen LogP contribution in [0, 0.1) is 0 Å². The first-order valence-electron chi connectivity index (χ1n) is 11.4. The minimum absolute atomic E-state index is 0. The molecule has 1 aliphatic rings. The molecule has 2 N–H and O–H groups in total. The van der Waals surface area contributed by atoms with Crippen LogP contribution in [-0.2, 0) is 24.2 Å². The molecule has 32 heavy (non-hydrogen) atoms. The molecule has 0 spiro atoms. The van der Waals surface area contributed by atoms with E-state index >= 15 is 0 Å². The maximum absolute atomic E-state index is 12.2. The average Bonchev–Trinajstić information content (AvgIpc) is 3.41. The third kappa shape index (κ3) is 9.05. The third-order valence-electron chi connectivity index (χ3n) is 5.43. The second-order valence-corrected chi connectivity index (χ2v) is 8.78. The van der Waals surface area contributed by atoms with E-state index in [2.05, 4.69) is 49.8 Å². The molecule has 0 saturated carbocycles. The molecule has 0 aromatic carbocycles. The number of hydrogen-bond acceptors (Lipinski definition) is 5. The summed E-state index contributed by atoms with van der Waals surface area (Å²) < 4.78 is 2.07. The fraction of sp³-hybridized carbons (Fsp3) is 0.636. The summed E-state index contributed by atoms with van der Waals surface area (Å²) in [5.41, 5.74) is 0. The van der Waals surface area contributed by atoms with E-state index in [9.17, 15) is 4.79 Å². The van der Waals surface area contributed by atoms with Crippen molar-refractivity contribution in [3.05, 3.63) is 34.5 Å². The Balaban J connectivity index is 0.00000363. The van der Waals surface area contributed by atoms with Crippen LogP contribution in [0.25, 0.3) is 0 Å². The molecule has 8 nitrogen and oxygen atoms in total. The van der Waals surface area contributed by atoms with Crippen LogP contribution in [0.5, 0.6) is 0 Å². The summed E-state index contributed by atoms with van der Waals surface area (Å²) in [6.45, 7) is 6.86. The van der Waals surface area contributed by atoms with Gasteiger partial charge in [-0.2, -0.15) is 0 Å². The van der Waals surface area contributed by atoms with E-state index < -0.39 is 0 Å². The van der Waals surface area contributed by atoms with Crippen molar-refractivity contribution >= 4 is 47.2 Å². The fourth-order valence-electron chi connectivity index (χ4n) is 3.69. The summed E-state index contributed by atoms with van der Waals surface area (Å²) in [5.74, 6) is 2.12. The standard InChI is InChI=1S/C22H35N7OS.HI/c1-2-20-27-26-18-29(20)16-13-25-22(24-12-10-19-8-6-17-31-19)23-11-7-15-28-14-5-3-4-9-21(28)30;/h6,8,17-18H,2-5,7,9-16H2,1H3,(H2,23,24,25);1H. The lowest BCUT2D eigenvalue weighted by Crippen LogP contribution is -2.40. The number of nitrogens with one attached hydrogen (secondary N) is 2. The summed E-state index contributed by atoms with van der Waals surface area (Å²) in [6, 6.07) is 4.24. The predicted molar refractivity (Wildman–Crippen MR) is 141 cm³/mol. The number of aryl methyl sites for hydroxylation is 1. The van der Waals surface area contributed by atoms with Crippen molar-refractivity contribution in [1.82, 2.24) is 30.3 Å². The highest BCUT2D eigenvalue weighted by molar-refractivity contribution is 14.0. The Labute approximate surface area is 212 Å². The number of likely N-dealkylation sites (tertiary alicyclic amines) is 1. The van der Waals surface area contributed by atoms with Crippen LogP contribution in [0.3, 0.4) is 0 Å². The smallest absolute Gasteiger partial charge is 0.222 e. The predicted octanol–water partition coefficient (Wildman–Crippen LogP) is 3.09. The summed E-state index contributed by atoms with van der Waals surface area (Å²) in [4.78, 5) is 20.3. The molecule has 2 aromatic heterocycles. The summed E-state index contributed by atoms with van der Waals surface area (Å²) in [7, 11) is 0. The van der Waals surface area contributed by atoms with Crippen molar-refractivity contribution in [2.75, 3.05) is 32.7 Å². The number of aliphatic imine (C=N–C) groups is 1. The minimum Gasteiger partial charge on any atom is -0.356 e. The molecular formula is C22H36IN7OS. The van der Waals surface area contributed by atoms with E-state index in [1.807, 2.05) is 4.90 Å². The molecule has 1 saturated heterocycles. The molecule has 0 radical (unpaired) electrons. The highest BCUT2D eigenvalue weighted by Crippen LogP contribution is 2.11. The van der Waals surface area contributed by atoms with Gasteiger partial charge < -0.3 is 20.1 Å². The van der Waals surface area contributed by atoms with Gasteiger partial charge in [0, 0.05) is 57.0 Å². The van der Waals surface area contributed by atoms with Crippen molar-refractivity contribution < 1.29 is 4.79 Å². The number of aromatic nitrogens is 3. The monoisotopic (exact) mass is 573 g/mol. The highest BCUT2D eigenvalue weighted by atomic mass is 127. The molecule has 1 aliphatic heterocycles. The normalized spacial score (nSPS) is 14.7. The van der Waals surface area contributed by atoms with Crippen LogP contribution in [-0.4, -0.2) is 64.3 Å². The zero-order valence-corrected chi connectivity index (χ0v) is 22.1. The van der Waals surface area contributed by atoms with Crippen LogP contribution in [0.4, 0.5) is 0 Å². The van der Waals surface area contributed by atoms with Gasteiger partial charge in [-0.05, 0) is 37.1 Å². The first kappa shape index (κ1) is 26.6. The zero-order chi connectivity index (χ0) is 21.7. The van der Waals surface area contributed by atoms with Gasteiger partial charge in [0.15, 0.2) is 5.96 Å². The van der Waals surface area contributed by atoms with Gasteiger partial charge in [-0.3, -0.25) is 9.79 Å². The van der Waals surface area contributed by atoms with Crippen LogP contribution in [0.1, 0.15) is 49.7 Å². The number of rotatable bonds is 11. The number of nitrogens with zero attached hydrogens (tertiary/aromatic N) is 5. The van der Waals surface area contributed by atoms with Crippen LogP contribution in [0.2, 0.25) is 0 Å². The average molecular weight is 574 g/mol. The molecule has 3 heterocycles. The number of amides is 1. The largest absolute Gasteiger partial charge is 0.356 e. The van der Waals surface area contributed by atoms with E-state index in [4.69, 9.17) is 4.99 Å². The number of thiophene rings is 1. The van der Waals surface area contributed by atoms with Gasteiger partial charge in [0.2, 0.25) is 5.91 Å². The Morgan fingerprint density at radius 1 is 1.22 bits per heavy atom. The SMILES string of the molecule is CCc1nncn1CCNC(=NCCCN1CCCCCC1=O)NCCc1cccs1.I.